The fourth-order valence-electron chi connectivity index (χ4n) is 1.89. The Morgan fingerprint density at radius 1 is 1.50 bits per heavy atom. The van der Waals surface area contributed by atoms with Crippen molar-refractivity contribution in [2.75, 3.05) is 13.2 Å². The first-order valence-corrected chi connectivity index (χ1v) is 6.90. The largest absolute Gasteiger partial charge is 0.460 e. The van der Waals surface area contributed by atoms with Gasteiger partial charge in [-0.1, -0.05) is 31.8 Å². The number of carbonyl (C=O) groups excluding carboxylic acids is 2. The second kappa shape index (κ2) is 6.35. The summed E-state index contributed by atoms with van der Waals surface area (Å²) in [6, 6.07) is 0. The van der Waals surface area contributed by atoms with Crippen LogP contribution < -0.4 is 0 Å². The first-order chi connectivity index (χ1) is 9.17. The number of carbonyl (C=O) groups is 2. The summed E-state index contributed by atoms with van der Waals surface area (Å²) in [4.78, 5) is 25.7. The van der Waals surface area contributed by atoms with Gasteiger partial charge in [-0.15, -0.1) is 0 Å². The van der Waals surface area contributed by atoms with E-state index < -0.39 is 17.6 Å². The first kappa shape index (κ1) is 16.6. The number of ether oxygens (including phenoxy) is 2. The van der Waals surface area contributed by atoms with Crippen LogP contribution in [0.15, 0.2) is 12.7 Å². The van der Waals surface area contributed by atoms with Crippen molar-refractivity contribution in [3.63, 3.8) is 0 Å². The molecule has 6 heteroatoms. The van der Waals surface area contributed by atoms with Crippen molar-refractivity contribution in [2.24, 2.45) is 11.8 Å². The van der Waals surface area contributed by atoms with Crippen LogP contribution in [0.4, 0.5) is 4.79 Å². The van der Waals surface area contributed by atoms with Gasteiger partial charge in [0.25, 0.3) is 0 Å². The lowest BCUT2D eigenvalue weighted by atomic mass is 9.98. The Balaban J connectivity index is 2.74. The maximum absolute atomic E-state index is 12.1. The van der Waals surface area contributed by atoms with Crippen LogP contribution in [-0.4, -0.2) is 40.7 Å². The summed E-state index contributed by atoms with van der Waals surface area (Å²) in [6.07, 6.45) is 0.930. The molecule has 1 heterocycles. The molecule has 1 aliphatic rings. The van der Waals surface area contributed by atoms with Crippen LogP contribution in [-0.2, 0) is 14.3 Å². The third-order valence-electron chi connectivity index (χ3n) is 2.89. The van der Waals surface area contributed by atoms with E-state index >= 15 is 0 Å². The van der Waals surface area contributed by atoms with E-state index in [1.165, 1.54) is 11.0 Å². The number of esters is 1. The predicted octanol–water partition coefficient (Wildman–Crippen LogP) is 2.55. The first-order valence-electron chi connectivity index (χ1n) is 6.49. The lowest BCUT2D eigenvalue weighted by Gasteiger charge is -2.23. The maximum atomic E-state index is 12.1. The molecule has 0 N–H and O–H groups in total. The van der Waals surface area contributed by atoms with Gasteiger partial charge in [0, 0.05) is 12.5 Å². The molecule has 0 bridgehead atoms. The average Bonchev–Trinajstić information content (AvgIpc) is 2.61. The molecule has 1 fully saturated rings. The molecule has 0 spiro atoms. The molecule has 2 atom stereocenters. The molecule has 1 rings (SSSR count). The highest BCUT2D eigenvalue weighted by molar-refractivity contribution is 7.80. The normalized spacial score (nSPS) is 22.6. The van der Waals surface area contributed by atoms with Crippen molar-refractivity contribution < 1.29 is 19.1 Å². The molecule has 1 aliphatic heterocycles. The summed E-state index contributed by atoms with van der Waals surface area (Å²) in [7, 11) is 0. The molecule has 112 valence electrons. The van der Waals surface area contributed by atoms with Crippen LogP contribution in [0.5, 0.6) is 0 Å². The lowest BCUT2D eigenvalue weighted by molar-refractivity contribution is -0.160. The minimum atomic E-state index is -0.560. The molecule has 2 unspecified atom stereocenters. The van der Waals surface area contributed by atoms with Crippen molar-refractivity contribution >= 4 is 29.3 Å². The number of hydrogen-bond donors (Lipinski definition) is 0. The van der Waals surface area contributed by atoms with Gasteiger partial charge < -0.3 is 9.47 Å². The molecule has 0 aliphatic carbocycles. The molecule has 0 radical (unpaired) electrons. The highest BCUT2D eigenvalue weighted by Crippen LogP contribution is 2.28. The van der Waals surface area contributed by atoms with E-state index in [9.17, 15) is 9.59 Å². The third-order valence-corrected chi connectivity index (χ3v) is 3.49. The van der Waals surface area contributed by atoms with Crippen LogP contribution in [0.3, 0.4) is 0 Å². The van der Waals surface area contributed by atoms with Gasteiger partial charge in [0.15, 0.2) is 0 Å². The molecule has 0 aromatic carbocycles. The molecule has 0 aromatic rings. The van der Waals surface area contributed by atoms with Gasteiger partial charge in [-0.2, -0.15) is 0 Å². The minimum absolute atomic E-state index is 0.115. The van der Waals surface area contributed by atoms with E-state index in [1.54, 1.807) is 20.8 Å². The summed E-state index contributed by atoms with van der Waals surface area (Å²) in [6.45, 7) is 11.0. The quantitative estimate of drug-likeness (QED) is 0.455. The Morgan fingerprint density at radius 2 is 2.10 bits per heavy atom. The van der Waals surface area contributed by atoms with E-state index in [1.807, 2.05) is 6.92 Å². The number of nitrogens with zero attached hydrogens (tertiary/aromatic N) is 1. The Kier molecular flexibility index (Phi) is 5.28. The van der Waals surface area contributed by atoms with Gasteiger partial charge in [-0.05, 0) is 20.8 Å². The number of rotatable bonds is 3. The van der Waals surface area contributed by atoms with E-state index in [-0.39, 0.29) is 25.0 Å². The number of thiocarbonyl (C=S) groups is 1. The average molecular weight is 299 g/mol. The molecule has 5 nitrogen and oxygen atoms in total. The zero-order chi connectivity index (χ0) is 15.5. The Hall–Kier alpha value is -1.43. The van der Waals surface area contributed by atoms with Crippen LogP contribution in [0, 0.1) is 11.8 Å². The highest BCUT2D eigenvalue weighted by atomic mass is 32.1. The van der Waals surface area contributed by atoms with E-state index in [4.69, 9.17) is 21.7 Å². The van der Waals surface area contributed by atoms with Crippen molar-refractivity contribution in [1.82, 2.24) is 4.90 Å². The zero-order valence-electron chi connectivity index (χ0n) is 12.3. The van der Waals surface area contributed by atoms with Gasteiger partial charge >= 0.3 is 12.1 Å². The van der Waals surface area contributed by atoms with Crippen LogP contribution in [0.2, 0.25) is 0 Å². The topological polar surface area (TPSA) is 55.8 Å². The van der Waals surface area contributed by atoms with E-state index in [0.29, 0.717) is 4.99 Å². The second-order valence-corrected chi connectivity index (χ2v) is 6.16. The zero-order valence-corrected chi connectivity index (χ0v) is 13.2. The number of amides is 1. The summed E-state index contributed by atoms with van der Waals surface area (Å²) in [5.74, 6) is -1.01. The lowest BCUT2D eigenvalue weighted by Crippen LogP contribution is -2.34. The molecule has 1 saturated heterocycles. The standard InChI is InChI=1S/C14H21NO4S/c1-6-7-18-13(17)15-8-10(9(2)11(15)20)12(16)19-14(3,4)5/h6,9-10H,1,7-8H2,2-5H3. The summed E-state index contributed by atoms with van der Waals surface area (Å²) in [5, 5.41) is 0. The predicted molar refractivity (Wildman–Crippen MR) is 79.3 cm³/mol. The third kappa shape index (κ3) is 4.03. The van der Waals surface area contributed by atoms with Gasteiger partial charge in [0.2, 0.25) is 0 Å². The molecular weight excluding hydrogens is 278 g/mol. The molecule has 0 saturated carbocycles. The SMILES string of the molecule is C=CCOC(=O)N1CC(C(=O)OC(C)(C)C)C(C)C1=S. The van der Waals surface area contributed by atoms with E-state index in [2.05, 4.69) is 6.58 Å². The minimum Gasteiger partial charge on any atom is -0.460 e. The molecule has 1 amide bonds. The maximum Gasteiger partial charge on any atom is 0.415 e. The summed E-state index contributed by atoms with van der Waals surface area (Å²) >= 11 is 5.22. The molecule has 20 heavy (non-hydrogen) atoms. The number of likely N-dealkylation sites (tertiary alicyclic amines) is 1. The number of hydrogen-bond acceptors (Lipinski definition) is 5. The highest BCUT2D eigenvalue weighted by Gasteiger charge is 2.43. The molecule has 0 aromatic heterocycles. The summed E-state index contributed by atoms with van der Waals surface area (Å²) in [5.41, 5.74) is -0.560. The monoisotopic (exact) mass is 299 g/mol. The van der Waals surface area contributed by atoms with Crippen LogP contribution in [0.25, 0.3) is 0 Å². The van der Waals surface area contributed by atoms with Crippen molar-refractivity contribution in [3.8, 4) is 0 Å². The van der Waals surface area contributed by atoms with Gasteiger partial charge in [0.05, 0.1) is 10.9 Å². The van der Waals surface area contributed by atoms with Crippen molar-refractivity contribution in [1.29, 1.82) is 0 Å². The van der Waals surface area contributed by atoms with Crippen LogP contribution >= 0.6 is 12.2 Å². The fraction of sp³-hybridized carbons (Fsp3) is 0.643. The van der Waals surface area contributed by atoms with Gasteiger partial charge in [-0.3, -0.25) is 9.69 Å². The van der Waals surface area contributed by atoms with Gasteiger partial charge in [-0.25, -0.2) is 4.79 Å². The van der Waals surface area contributed by atoms with Crippen molar-refractivity contribution in [3.05, 3.63) is 12.7 Å². The van der Waals surface area contributed by atoms with Crippen molar-refractivity contribution in [2.45, 2.75) is 33.3 Å². The Bertz CT molecular complexity index is 427. The van der Waals surface area contributed by atoms with Crippen LogP contribution in [0.1, 0.15) is 27.7 Å². The Morgan fingerprint density at radius 3 is 2.60 bits per heavy atom. The Labute approximate surface area is 124 Å². The fourth-order valence-corrected chi connectivity index (χ4v) is 2.20. The van der Waals surface area contributed by atoms with E-state index in [0.717, 1.165) is 0 Å². The second-order valence-electron chi connectivity index (χ2n) is 5.74. The molecular formula is C14H21NO4S. The van der Waals surface area contributed by atoms with Gasteiger partial charge in [0.1, 0.15) is 12.2 Å². The smallest absolute Gasteiger partial charge is 0.415 e. The summed E-state index contributed by atoms with van der Waals surface area (Å²) < 4.78 is 10.3.